The molecule has 0 aliphatic carbocycles. The van der Waals surface area contributed by atoms with Gasteiger partial charge in [-0.2, -0.15) is 5.26 Å². The quantitative estimate of drug-likeness (QED) is 0.506. The maximum atomic E-state index is 11.1. The molecule has 2 rings (SSSR count). The number of nitriles is 1. The van der Waals surface area contributed by atoms with E-state index >= 15 is 0 Å². The molecule has 7 nitrogen and oxygen atoms in total. The first-order valence-corrected chi connectivity index (χ1v) is 6.82. The fourth-order valence-corrected chi connectivity index (χ4v) is 2.47. The lowest BCUT2D eigenvalue weighted by Crippen LogP contribution is -2.39. The van der Waals surface area contributed by atoms with E-state index in [1.807, 2.05) is 0 Å². The Hall–Kier alpha value is -2.33. The van der Waals surface area contributed by atoms with Gasteiger partial charge >= 0.3 is 0 Å². The molecule has 0 saturated carbocycles. The van der Waals surface area contributed by atoms with Gasteiger partial charge < -0.3 is 10.1 Å². The summed E-state index contributed by atoms with van der Waals surface area (Å²) in [6.07, 6.45) is 1.73. The van der Waals surface area contributed by atoms with Crippen LogP contribution in [0, 0.1) is 21.4 Å². The number of nitro groups is 1. The predicted octanol–water partition coefficient (Wildman–Crippen LogP) is 2.00. The monoisotopic (exact) mass is 290 g/mol. The fraction of sp³-hybridized carbons (Fsp3) is 0.500. The van der Waals surface area contributed by atoms with Crippen LogP contribution < -0.4 is 10.1 Å². The molecule has 0 amide bonds. The molecule has 1 aromatic rings. The second-order valence-corrected chi connectivity index (χ2v) is 4.99. The Kier molecular flexibility index (Phi) is 4.95. The van der Waals surface area contributed by atoms with Gasteiger partial charge in [-0.05, 0) is 25.0 Å². The van der Waals surface area contributed by atoms with Crippen LogP contribution in [-0.4, -0.2) is 42.6 Å². The molecule has 1 heterocycles. The molecule has 21 heavy (non-hydrogen) atoms. The molecular formula is C14H18N4O3. The van der Waals surface area contributed by atoms with E-state index in [2.05, 4.69) is 16.3 Å². The summed E-state index contributed by atoms with van der Waals surface area (Å²) in [6, 6.07) is 7.14. The van der Waals surface area contributed by atoms with Crippen molar-refractivity contribution in [2.45, 2.75) is 18.9 Å². The number of ether oxygens (including phenoxy) is 1. The van der Waals surface area contributed by atoms with Crippen molar-refractivity contribution >= 4 is 11.4 Å². The summed E-state index contributed by atoms with van der Waals surface area (Å²) in [5, 5.41) is 23.0. The molecule has 1 saturated heterocycles. The van der Waals surface area contributed by atoms with Crippen LogP contribution in [0.4, 0.5) is 11.4 Å². The topological polar surface area (TPSA) is 91.4 Å². The number of piperidine rings is 1. The summed E-state index contributed by atoms with van der Waals surface area (Å²) in [4.78, 5) is 12.8. The van der Waals surface area contributed by atoms with E-state index in [4.69, 9.17) is 10.00 Å². The van der Waals surface area contributed by atoms with Gasteiger partial charge in [-0.25, -0.2) is 0 Å². The molecule has 1 N–H and O–H groups in total. The summed E-state index contributed by atoms with van der Waals surface area (Å²) >= 11 is 0. The van der Waals surface area contributed by atoms with Crippen LogP contribution in [0.5, 0.6) is 5.75 Å². The zero-order valence-electron chi connectivity index (χ0n) is 11.9. The molecule has 1 aliphatic heterocycles. The van der Waals surface area contributed by atoms with Gasteiger partial charge in [0.25, 0.3) is 5.69 Å². The molecule has 1 aliphatic rings. The highest BCUT2D eigenvalue weighted by molar-refractivity contribution is 5.64. The van der Waals surface area contributed by atoms with Crippen LogP contribution >= 0.6 is 0 Å². The summed E-state index contributed by atoms with van der Waals surface area (Å²) in [5.41, 5.74) is 0.535. The third-order valence-electron chi connectivity index (χ3n) is 3.64. The number of hydrogen-bond donors (Lipinski definition) is 1. The summed E-state index contributed by atoms with van der Waals surface area (Å²) in [7, 11) is 1.48. The van der Waals surface area contributed by atoms with E-state index in [1.54, 1.807) is 12.1 Å². The number of anilines is 1. The molecule has 0 atom stereocenters. The lowest BCUT2D eigenvalue weighted by atomic mass is 10.0. The number of hydrogen-bond acceptors (Lipinski definition) is 6. The van der Waals surface area contributed by atoms with Crippen LogP contribution in [0.15, 0.2) is 18.2 Å². The molecule has 0 radical (unpaired) electrons. The Balaban J connectivity index is 2.03. The fourth-order valence-electron chi connectivity index (χ4n) is 2.47. The standard InChI is InChI=1S/C14H18N4O3/c1-21-12-2-3-13(14(10-12)18(19)20)16-11-4-7-17(8-5-11)9-6-15/h2-3,10-11,16H,4-5,7-9H2,1H3. The summed E-state index contributed by atoms with van der Waals surface area (Å²) in [6.45, 7) is 2.10. The predicted molar refractivity (Wildman–Crippen MR) is 78.3 cm³/mol. The van der Waals surface area contributed by atoms with Crippen molar-refractivity contribution in [2.75, 3.05) is 32.1 Å². The molecule has 0 bridgehead atoms. The van der Waals surface area contributed by atoms with Gasteiger partial charge in [0, 0.05) is 19.1 Å². The van der Waals surface area contributed by atoms with Gasteiger partial charge in [0.05, 0.1) is 30.7 Å². The highest BCUT2D eigenvalue weighted by Gasteiger charge is 2.22. The first-order valence-electron chi connectivity index (χ1n) is 6.82. The smallest absolute Gasteiger partial charge is 0.296 e. The van der Waals surface area contributed by atoms with Gasteiger partial charge in [-0.3, -0.25) is 15.0 Å². The number of benzene rings is 1. The average molecular weight is 290 g/mol. The van der Waals surface area contributed by atoms with E-state index in [0.29, 0.717) is 18.0 Å². The SMILES string of the molecule is COc1ccc(NC2CCN(CC#N)CC2)c([N+](=O)[O-])c1. The Bertz CT molecular complexity index is 548. The Morgan fingerprint density at radius 2 is 2.24 bits per heavy atom. The lowest BCUT2D eigenvalue weighted by molar-refractivity contribution is -0.384. The zero-order chi connectivity index (χ0) is 15.2. The Labute approximate surface area is 123 Å². The summed E-state index contributed by atoms with van der Waals surface area (Å²) < 4.78 is 5.02. The maximum Gasteiger partial charge on any atom is 0.296 e. The van der Waals surface area contributed by atoms with E-state index in [9.17, 15) is 10.1 Å². The second kappa shape index (κ2) is 6.90. The minimum absolute atomic E-state index is 0.0220. The van der Waals surface area contributed by atoms with E-state index in [1.165, 1.54) is 13.2 Å². The van der Waals surface area contributed by atoms with Crippen LogP contribution in [0.3, 0.4) is 0 Å². The normalized spacial score (nSPS) is 16.2. The van der Waals surface area contributed by atoms with E-state index in [-0.39, 0.29) is 11.7 Å². The molecule has 112 valence electrons. The summed E-state index contributed by atoms with van der Waals surface area (Å²) in [5.74, 6) is 0.469. The van der Waals surface area contributed by atoms with Gasteiger partial charge in [0.15, 0.2) is 0 Å². The first kappa shape index (κ1) is 15.1. The Morgan fingerprint density at radius 1 is 1.52 bits per heavy atom. The zero-order valence-corrected chi connectivity index (χ0v) is 11.9. The molecule has 0 aromatic heterocycles. The highest BCUT2D eigenvalue weighted by Crippen LogP contribution is 2.30. The van der Waals surface area contributed by atoms with Gasteiger partial charge in [0.2, 0.25) is 0 Å². The molecular weight excluding hydrogens is 272 g/mol. The van der Waals surface area contributed by atoms with Gasteiger partial charge in [-0.15, -0.1) is 0 Å². The number of nitrogens with zero attached hydrogens (tertiary/aromatic N) is 3. The number of methoxy groups -OCH3 is 1. The minimum atomic E-state index is -0.407. The van der Waals surface area contributed by atoms with Gasteiger partial charge in [-0.1, -0.05) is 0 Å². The van der Waals surface area contributed by atoms with Crippen molar-refractivity contribution in [1.82, 2.24) is 4.90 Å². The van der Waals surface area contributed by atoms with Crippen molar-refractivity contribution in [1.29, 1.82) is 5.26 Å². The van der Waals surface area contributed by atoms with Crippen LogP contribution in [0.2, 0.25) is 0 Å². The minimum Gasteiger partial charge on any atom is -0.496 e. The van der Waals surface area contributed by atoms with Crippen molar-refractivity contribution in [3.63, 3.8) is 0 Å². The first-order chi connectivity index (χ1) is 10.1. The van der Waals surface area contributed by atoms with E-state index < -0.39 is 4.92 Å². The largest absolute Gasteiger partial charge is 0.496 e. The van der Waals surface area contributed by atoms with Gasteiger partial charge in [0.1, 0.15) is 11.4 Å². The third kappa shape index (κ3) is 3.83. The van der Waals surface area contributed by atoms with Crippen LogP contribution in [-0.2, 0) is 0 Å². The molecule has 1 fully saturated rings. The molecule has 0 spiro atoms. The molecule has 0 unspecified atom stereocenters. The number of nitrogens with one attached hydrogen (secondary N) is 1. The third-order valence-corrected chi connectivity index (χ3v) is 3.64. The van der Waals surface area contributed by atoms with Crippen LogP contribution in [0.25, 0.3) is 0 Å². The van der Waals surface area contributed by atoms with E-state index in [0.717, 1.165) is 25.9 Å². The lowest BCUT2D eigenvalue weighted by Gasteiger charge is -2.31. The van der Waals surface area contributed by atoms with Crippen molar-refractivity contribution in [2.24, 2.45) is 0 Å². The average Bonchev–Trinajstić information content (AvgIpc) is 2.49. The van der Waals surface area contributed by atoms with Crippen molar-refractivity contribution < 1.29 is 9.66 Å². The number of nitro benzene ring substituents is 1. The number of likely N-dealkylation sites (tertiary alicyclic amines) is 1. The number of rotatable bonds is 5. The maximum absolute atomic E-state index is 11.1. The highest BCUT2D eigenvalue weighted by atomic mass is 16.6. The Morgan fingerprint density at radius 3 is 2.81 bits per heavy atom. The van der Waals surface area contributed by atoms with Crippen molar-refractivity contribution in [3.8, 4) is 11.8 Å². The molecule has 1 aromatic carbocycles. The van der Waals surface area contributed by atoms with Crippen molar-refractivity contribution in [3.05, 3.63) is 28.3 Å². The van der Waals surface area contributed by atoms with Crippen LogP contribution in [0.1, 0.15) is 12.8 Å². The second-order valence-electron chi connectivity index (χ2n) is 4.99. The molecule has 7 heteroatoms.